The van der Waals surface area contributed by atoms with Crippen LogP contribution in [0.4, 0.5) is 0 Å². The van der Waals surface area contributed by atoms with E-state index in [9.17, 15) is 30.0 Å². The van der Waals surface area contributed by atoms with E-state index in [0.717, 1.165) is 44.9 Å². The van der Waals surface area contributed by atoms with Gasteiger partial charge in [-0.15, -0.1) is 0 Å². The van der Waals surface area contributed by atoms with Crippen LogP contribution in [0.15, 0.2) is 0 Å². The predicted octanol–water partition coefficient (Wildman–Crippen LogP) is 4.04. The Morgan fingerprint density at radius 2 is 1.44 bits per heavy atom. The van der Waals surface area contributed by atoms with Crippen molar-refractivity contribution < 1.29 is 53.7 Å². The summed E-state index contributed by atoms with van der Waals surface area (Å²) in [4.78, 5) is 24.0. The van der Waals surface area contributed by atoms with Gasteiger partial charge in [0.05, 0.1) is 42.2 Å². The van der Waals surface area contributed by atoms with Crippen LogP contribution in [-0.2, 0) is 33.3 Å². The second-order valence-electron chi connectivity index (χ2n) is 19.4. The van der Waals surface area contributed by atoms with E-state index in [1.165, 1.54) is 13.8 Å². The number of esters is 2. The zero-order chi connectivity index (χ0) is 36.6. The highest BCUT2D eigenvalue weighted by atomic mass is 16.7. The summed E-state index contributed by atoms with van der Waals surface area (Å²) in [5, 5.41) is 45.7. The quantitative estimate of drug-likeness (QED) is 0.233. The molecule has 2 aliphatic heterocycles. The zero-order valence-corrected chi connectivity index (χ0v) is 31.6. The molecule has 0 aromatic carbocycles. The third-order valence-corrected chi connectivity index (χ3v) is 16.0. The van der Waals surface area contributed by atoms with E-state index in [-0.39, 0.29) is 58.2 Å². The number of carbonyl (C=O) groups excluding carboxylic acids is 2. The van der Waals surface area contributed by atoms with Crippen LogP contribution in [-0.4, -0.2) is 99.2 Å². The smallest absolute Gasteiger partial charge is 0.303 e. The van der Waals surface area contributed by atoms with E-state index in [2.05, 4.69) is 34.6 Å². The molecule has 11 nitrogen and oxygen atoms in total. The first-order chi connectivity index (χ1) is 23.1. The summed E-state index contributed by atoms with van der Waals surface area (Å²) in [5.74, 6) is -1.05. The monoisotopic (exact) mass is 706 g/mol. The van der Waals surface area contributed by atoms with E-state index in [4.69, 9.17) is 23.7 Å². The summed E-state index contributed by atoms with van der Waals surface area (Å²) < 4.78 is 30.2. The molecular formula is C39H62O11. The molecule has 50 heavy (non-hydrogen) atoms. The van der Waals surface area contributed by atoms with Crippen LogP contribution >= 0.6 is 0 Å². The van der Waals surface area contributed by atoms with E-state index in [1.807, 2.05) is 13.8 Å². The van der Waals surface area contributed by atoms with Crippen molar-refractivity contribution in [3.8, 4) is 0 Å². The van der Waals surface area contributed by atoms with Gasteiger partial charge in [-0.05, 0) is 117 Å². The highest BCUT2D eigenvalue weighted by Gasteiger charge is 2.85. The molecular weight excluding hydrogens is 644 g/mol. The highest BCUT2D eigenvalue weighted by Crippen LogP contribution is 2.89. The lowest BCUT2D eigenvalue weighted by molar-refractivity contribution is -0.310. The van der Waals surface area contributed by atoms with Crippen molar-refractivity contribution in [1.82, 2.24) is 0 Å². The minimum absolute atomic E-state index is 0.0334. The van der Waals surface area contributed by atoms with E-state index in [1.54, 1.807) is 0 Å². The Kier molecular flexibility index (Phi) is 8.57. The molecule has 0 radical (unpaired) electrons. The number of fused-ring (bicyclic) bond motifs is 2. The Morgan fingerprint density at radius 1 is 0.780 bits per heavy atom. The van der Waals surface area contributed by atoms with Gasteiger partial charge < -0.3 is 44.1 Å². The fourth-order valence-electron chi connectivity index (χ4n) is 14.1. The van der Waals surface area contributed by atoms with Gasteiger partial charge in [0, 0.05) is 19.8 Å². The molecule has 0 bridgehead atoms. The maximum absolute atomic E-state index is 12.3. The number of aliphatic hydroxyl groups excluding tert-OH is 3. The van der Waals surface area contributed by atoms with Gasteiger partial charge in [-0.2, -0.15) is 0 Å². The Labute approximate surface area is 297 Å². The Bertz CT molecular complexity index is 1380. The van der Waals surface area contributed by atoms with Crippen molar-refractivity contribution in [2.45, 2.75) is 180 Å². The average molecular weight is 707 g/mol. The van der Waals surface area contributed by atoms with E-state index in [0.29, 0.717) is 12.8 Å². The van der Waals surface area contributed by atoms with Crippen molar-refractivity contribution >= 4 is 11.9 Å². The number of carbonyl (C=O) groups is 2. The van der Waals surface area contributed by atoms with Crippen LogP contribution in [0.5, 0.6) is 0 Å². The standard InChI is InChI=1S/C39H62O11/c1-20(40)47-28-24(44)18-46-32(29(28)48-21(2)41)49-26-11-13-39-19-38(39)15-14-35(7)31(37(9)12-10-27(50-37)34(5,6)45)23(43)17-36(35,8)25(38)16-22(42)30(39)33(26,3)4/h22-32,42-45H,10-19H2,1-9H3/t22-,23-,24+,25+,26-,27-,28-,29+,30+,31-,32-,35+,36-,37+,38-,39+/m0/s1. The summed E-state index contributed by atoms with van der Waals surface area (Å²) in [5.41, 5.74) is -2.32. The average Bonchev–Trinajstić information content (AvgIpc) is 3.34. The molecule has 0 unspecified atom stereocenters. The minimum atomic E-state index is -1.17. The largest absolute Gasteiger partial charge is 0.455 e. The molecule has 11 heteroatoms. The topological polar surface area (TPSA) is 161 Å². The summed E-state index contributed by atoms with van der Waals surface area (Å²) >= 11 is 0. The van der Waals surface area contributed by atoms with Gasteiger partial charge in [0.25, 0.3) is 0 Å². The van der Waals surface area contributed by atoms with Gasteiger partial charge in [0.15, 0.2) is 18.5 Å². The molecule has 0 amide bonds. The number of aliphatic hydroxyl groups is 4. The second-order valence-corrected chi connectivity index (χ2v) is 19.4. The molecule has 2 saturated heterocycles. The Morgan fingerprint density at radius 3 is 2.06 bits per heavy atom. The number of hydrogen-bond acceptors (Lipinski definition) is 11. The molecule has 5 aliphatic carbocycles. The summed E-state index contributed by atoms with van der Waals surface area (Å²) in [6.45, 7) is 17.2. The van der Waals surface area contributed by atoms with Crippen molar-refractivity contribution in [3.05, 3.63) is 0 Å². The van der Waals surface area contributed by atoms with Crippen molar-refractivity contribution in [3.63, 3.8) is 0 Å². The Hall–Kier alpha value is -1.34. The van der Waals surface area contributed by atoms with Gasteiger partial charge in [-0.25, -0.2) is 0 Å². The first-order valence-corrected chi connectivity index (χ1v) is 19.1. The van der Waals surface area contributed by atoms with Crippen LogP contribution in [0, 0.1) is 44.8 Å². The van der Waals surface area contributed by atoms with Crippen LogP contribution < -0.4 is 0 Å². The summed E-state index contributed by atoms with van der Waals surface area (Å²) in [6, 6.07) is 0. The molecule has 7 fully saturated rings. The molecule has 4 N–H and O–H groups in total. The zero-order valence-electron chi connectivity index (χ0n) is 31.6. The fourth-order valence-corrected chi connectivity index (χ4v) is 14.1. The first kappa shape index (κ1) is 37.0. The van der Waals surface area contributed by atoms with Crippen molar-refractivity contribution in [2.24, 2.45) is 44.8 Å². The lowest BCUT2D eigenvalue weighted by atomic mass is 9.41. The van der Waals surface area contributed by atoms with Gasteiger partial charge >= 0.3 is 11.9 Å². The van der Waals surface area contributed by atoms with Crippen molar-refractivity contribution in [1.29, 1.82) is 0 Å². The van der Waals surface area contributed by atoms with Crippen LogP contribution in [0.1, 0.15) is 120 Å². The minimum Gasteiger partial charge on any atom is -0.455 e. The third kappa shape index (κ3) is 5.06. The molecule has 284 valence electrons. The SMILES string of the molecule is CC(=O)O[C@@H]1[C@@H](OC(C)=O)[C@H](O[C@H]2CC[C@]34C[C@]35CC[C@]3(C)[C@@H]([C@@]6(C)CC[C@@H](C(C)(C)O)O6)[C@@H](O)C[C@@]3(C)[C@H]5C[C@H](O)[C@@H]4C2(C)C)OC[C@H]1O. The van der Waals surface area contributed by atoms with Crippen LogP contribution in [0.25, 0.3) is 0 Å². The van der Waals surface area contributed by atoms with Crippen LogP contribution in [0.3, 0.4) is 0 Å². The number of ether oxygens (including phenoxy) is 5. The maximum atomic E-state index is 12.3. The van der Waals surface area contributed by atoms with Crippen LogP contribution in [0.2, 0.25) is 0 Å². The highest BCUT2D eigenvalue weighted by molar-refractivity contribution is 5.67. The molecule has 2 heterocycles. The second kappa shape index (κ2) is 11.6. The lowest BCUT2D eigenvalue weighted by Crippen LogP contribution is -2.63. The molecule has 0 aromatic heterocycles. The molecule has 0 aromatic rings. The predicted molar refractivity (Wildman–Crippen MR) is 180 cm³/mol. The molecule has 5 saturated carbocycles. The fraction of sp³-hybridized carbons (Fsp3) is 0.949. The third-order valence-electron chi connectivity index (χ3n) is 16.0. The van der Waals surface area contributed by atoms with Gasteiger partial charge in [0.2, 0.25) is 0 Å². The Balaban J connectivity index is 1.14. The first-order valence-electron chi connectivity index (χ1n) is 19.1. The van der Waals surface area contributed by atoms with Gasteiger partial charge in [0.1, 0.15) is 6.10 Å². The molecule has 16 atom stereocenters. The van der Waals surface area contributed by atoms with E-state index < -0.39 is 65.4 Å². The molecule has 2 spiro atoms. The van der Waals surface area contributed by atoms with Gasteiger partial charge in [-0.3, -0.25) is 9.59 Å². The van der Waals surface area contributed by atoms with E-state index >= 15 is 0 Å². The molecule has 7 aliphatic rings. The van der Waals surface area contributed by atoms with Gasteiger partial charge in [-0.1, -0.05) is 27.7 Å². The summed E-state index contributed by atoms with van der Waals surface area (Å²) in [6.07, 6.45) is 1.42. The molecule has 7 rings (SSSR count). The number of rotatable bonds is 6. The summed E-state index contributed by atoms with van der Waals surface area (Å²) in [7, 11) is 0. The normalized spacial score (nSPS) is 53.7. The van der Waals surface area contributed by atoms with Crippen molar-refractivity contribution in [2.75, 3.05) is 6.61 Å². The number of hydrogen-bond donors (Lipinski definition) is 4. The maximum Gasteiger partial charge on any atom is 0.303 e. The lowest BCUT2D eigenvalue weighted by Gasteiger charge is -2.64.